The van der Waals surface area contributed by atoms with Gasteiger partial charge in [0.1, 0.15) is 11.6 Å². The number of aromatic nitrogens is 2. The number of nitrogen functional groups attached to an aromatic ring is 1. The van der Waals surface area contributed by atoms with Gasteiger partial charge in [0.2, 0.25) is 0 Å². The maximum atomic E-state index is 5.54. The standard InChI is InChI=1S/C12H20N4/c1-9-5-3-4-6-10(9)16(2)12-8-14-11(13)7-15-12/h7-10H,3-6H2,1-2H3,(H2,13,14). The van der Waals surface area contributed by atoms with Crippen molar-refractivity contribution in [2.24, 2.45) is 5.92 Å². The summed E-state index contributed by atoms with van der Waals surface area (Å²) in [5.74, 6) is 2.14. The van der Waals surface area contributed by atoms with Crippen LogP contribution in [0.4, 0.5) is 11.6 Å². The molecule has 0 spiro atoms. The fourth-order valence-corrected chi connectivity index (χ4v) is 2.56. The Morgan fingerprint density at radius 2 is 2.00 bits per heavy atom. The van der Waals surface area contributed by atoms with Crippen LogP contribution in [0.15, 0.2) is 12.4 Å². The van der Waals surface area contributed by atoms with E-state index >= 15 is 0 Å². The number of nitrogens with zero attached hydrogens (tertiary/aromatic N) is 3. The SMILES string of the molecule is CC1CCCCC1N(C)c1cnc(N)cn1. The highest BCUT2D eigenvalue weighted by molar-refractivity contribution is 5.39. The highest BCUT2D eigenvalue weighted by Gasteiger charge is 2.25. The summed E-state index contributed by atoms with van der Waals surface area (Å²) in [5, 5.41) is 0. The Balaban J connectivity index is 2.11. The molecule has 2 atom stereocenters. The van der Waals surface area contributed by atoms with Gasteiger partial charge in [-0.15, -0.1) is 0 Å². The largest absolute Gasteiger partial charge is 0.382 e. The summed E-state index contributed by atoms with van der Waals surface area (Å²) in [4.78, 5) is 10.7. The number of rotatable bonds is 2. The summed E-state index contributed by atoms with van der Waals surface area (Å²) < 4.78 is 0. The Labute approximate surface area is 96.9 Å². The number of anilines is 2. The van der Waals surface area contributed by atoms with Crippen molar-refractivity contribution >= 4 is 11.6 Å². The van der Waals surface area contributed by atoms with Crippen LogP contribution in [0.2, 0.25) is 0 Å². The lowest BCUT2D eigenvalue weighted by Gasteiger charge is -2.36. The molecule has 0 aromatic carbocycles. The van der Waals surface area contributed by atoms with Crippen LogP contribution in [-0.2, 0) is 0 Å². The minimum atomic E-state index is 0.480. The molecule has 1 aromatic rings. The summed E-state index contributed by atoms with van der Waals surface area (Å²) in [6.07, 6.45) is 8.64. The van der Waals surface area contributed by atoms with E-state index in [9.17, 15) is 0 Å². The second kappa shape index (κ2) is 4.68. The van der Waals surface area contributed by atoms with Gasteiger partial charge in [-0.05, 0) is 18.8 Å². The molecule has 1 aromatic heterocycles. The molecule has 1 saturated carbocycles. The van der Waals surface area contributed by atoms with Gasteiger partial charge in [-0.2, -0.15) is 0 Å². The first kappa shape index (κ1) is 11.2. The van der Waals surface area contributed by atoms with Gasteiger partial charge in [-0.3, -0.25) is 0 Å². The Hall–Kier alpha value is -1.32. The normalized spacial score (nSPS) is 25.4. The molecule has 0 aliphatic heterocycles. The molecule has 88 valence electrons. The van der Waals surface area contributed by atoms with Crippen LogP contribution in [0.5, 0.6) is 0 Å². The lowest BCUT2D eigenvalue weighted by atomic mass is 9.85. The van der Waals surface area contributed by atoms with Crippen LogP contribution < -0.4 is 10.6 Å². The molecule has 0 radical (unpaired) electrons. The molecule has 1 aliphatic carbocycles. The summed E-state index contributed by atoms with van der Waals surface area (Å²) in [5.41, 5.74) is 5.54. The second-order valence-corrected chi connectivity index (χ2v) is 4.74. The van der Waals surface area contributed by atoms with Gasteiger partial charge in [0.05, 0.1) is 12.4 Å². The van der Waals surface area contributed by atoms with Crippen LogP contribution in [0.25, 0.3) is 0 Å². The predicted molar refractivity (Wildman–Crippen MR) is 66.3 cm³/mol. The highest BCUT2D eigenvalue weighted by atomic mass is 15.2. The molecule has 4 nitrogen and oxygen atoms in total. The van der Waals surface area contributed by atoms with Gasteiger partial charge in [-0.1, -0.05) is 19.8 Å². The first-order chi connectivity index (χ1) is 7.68. The first-order valence-electron chi connectivity index (χ1n) is 5.99. The third kappa shape index (κ3) is 2.26. The average Bonchev–Trinajstić information content (AvgIpc) is 2.30. The zero-order valence-electron chi connectivity index (χ0n) is 10.1. The van der Waals surface area contributed by atoms with Crippen molar-refractivity contribution in [3.63, 3.8) is 0 Å². The fourth-order valence-electron chi connectivity index (χ4n) is 2.56. The van der Waals surface area contributed by atoms with Gasteiger partial charge >= 0.3 is 0 Å². The predicted octanol–water partition coefficient (Wildman–Crippen LogP) is 2.07. The third-order valence-corrected chi connectivity index (χ3v) is 3.58. The Bertz CT molecular complexity index is 335. The van der Waals surface area contributed by atoms with Gasteiger partial charge in [0.25, 0.3) is 0 Å². The van der Waals surface area contributed by atoms with E-state index in [2.05, 4.69) is 28.8 Å². The lowest BCUT2D eigenvalue weighted by Crippen LogP contribution is -2.39. The molecule has 0 saturated heterocycles. The van der Waals surface area contributed by atoms with E-state index in [4.69, 9.17) is 5.73 Å². The maximum Gasteiger partial charge on any atom is 0.147 e. The average molecular weight is 220 g/mol. The van der Waals surface area contributed by atoms with E-state index < -0.39 is 0 Å². The topological polar surface area (TPSA) is 55.0 Å². The van der Waals surface area contributed by atoms with E-state index in [1.807, 2.05) is 0 Å². The quantitative estimate of drug-likeness (QED) is 0.829. The Kier molecular flexibility index (Phi) is 3.27. The van der Waals surface area contributed by atoms with Crippen LogP contribution >= 0.6 is 0 Å². The van der Waals surface area contributed by atoms with Crippen molar-refractivity contribution in [1.29, 1.82) is 0 Å². The Morgan fingerprint density at radius 1 is 1.25 bits per heavy atom. The number of hydrogen-bond donors (Lipinski definition) is 1. The van der Waals surface area contributed by atoms with E-state index in [0.717, 1.165) is 11.7 Å². The molecule has 1 fully saturated rings. The zero-order valence-corrected chi connectivity index (χ0v) is 10.1. The Morgan fingerprint density at radius 3 is 2.62 bits per heavy atom. The van der Waals surface area contributed by atoms with Crippen molar-refractivity contribution < 1.29 is 0 Å². The molecule has 2 N–H and O–H groups in total. The van der Waals surface area contributed by atoms with Gasteiger partial charge < -0.3 is 10.6 Å². The molecule has 2 rings (SSSR count). The molecule has 0 bridgehead atoms. The van der Waals surface area contributed by atoms with Gasteiger partial charge in [-0.25, -0.2) is 9.97 Å². The van der Waals surface area contributed by atoms with E-state index in [0.29, 0.717) is 11.9 Å². The molecule has 1 heterocycles. The van der Waals surface area contributed by atoms with Crippen molar-refractivity contribution in [2.75, 3.05) is 17.7 Å². The minimum Gasteiger partial charge on any atom is -0.382 e. The number of nitrogens with two attached hydrogens (primary N) is 1. The van der Waals surface area contributed by atoms with Crippen LogP contribution in [-0.4, -0.2) is 23.1 Å². The van der Waals surface area contributed by atoms with E-state index in [-0.39, 0.29) is 0 Å². The van der Waals surface area contributed by atoms with Crippen molar-refractivity contribution in [3.05, 3.63) is 12.4 Å². The second-order valence-electron chi connectivity index (χ2n) is 4.74. The van der Waals surface area contributed by atoms with Crippen molar-refractivity contribution in [1.82, 2.24) is 9.97 Å². The van der Waals surface area contributed by atoms with E-state index in [1.54, 1.807) is 12.4 Å². The van der Waals surface area contributed by atoms with Crippen LogP contribution in [0.3, 0.4) is 0 Å². The molecule has 16 heavy (non-hydrogen) atoms. The van der Waals surface area contributed by atoms with Gasteiger partial charge in [0.15, 0.2) is 0 Å². The third-order valence-electron chi connectivity index (χ3n) is 3.58. The summed E-state index contributed by atoms with van der Waals surface area (Å²) >= 11 is 0. The molecule has 2 unspecified atom stereocenters. The maximum absolute atomic E-state index is 5.54. The van der Waals surface area contributed by atoms with Gasteiger partial charge in [0, 0.05) is 13.1 Å². The first-order valence-corrected chi connectivity index (χ1v) is 5.99. The number of hydrogen-bond acceptors (Lipinski definition) is 4. The zero-order chi connectivity index (χ0) is 11.5. The fraction of sp³-hybridized carbons (Fsp3) is 0.667. The van der Waals surface area contributed by atoms with Crippen molar-refractivity contribution in [3.8, 4) is 0 Å². The van der Waals surface area contributed by atoms with Crippen LogP contribution in [0.1, 0.15) is 32.6 Å². The summed E-state index contributed by atoms with van der Waals surface area (Å²) in [6.45, 7) is 2.32. The molecule has 0 amide bonds. The summed E-state index contributed by atoms with van der Waals surface area (Å²) in [7, 11) is 2.10. The minimum absolute atomic E-state index is 0.480. The lowest BCUT2D eigenvalue weighted by molar-refractivity contribution is 0.320. The van der Waals surface area contributed by atoms with Crippen LogP contribution in [0, 0.1) is 5.92 Å². The molecule has 4 heteroatoms. The molecular formula is C12H20N4. The van der Waals surface area contributed by atoms with Crippen molar-refractivity contribution in [2.45, 2.75) is 38.6 Å². The van der Waals surface area contributed by atoms with E-state index in [1.165, 1.54) is 25.7 Å². The monoisotopic (exact) mass is 220 g/mol. The molecule has 1 aliphatic rings. The highest BCUT2D eigenvalue weighted by Crippen LogP contribution is 2.29. The molecular weight excluding hydrogens is 200 g/mol. The smallest absolute Gasteiger partial charge is 0.147 e. The summed E-state index contributed by atoms with van der Waals surface area (Å²) in [6, 6.07) is 0.590.